The predicted octanol–water partition coefficient (Wildman–Crippen LogP) is 9.06. The summed E-state index contributed by atoms with van der Waals surface area (Å²) in [6.45, 7) is 4.61. The van der Waals surface area contributed by atoms with Gasteiger partial charge in [0.2, 0.25) is 0 Å². The smallest absolute Gasteiger partial charge is 0.00133 e. The molecule has 0 saturated carbocycles. The van der Waals surface area contributed by atoms with Crippen LogP contribution in [0, 0.1) is 0 Å². The molecule has 0 spiro atoms. The van der Waals surface area contributed by atoms with Crippen LogP contribution in [0.5, 0.6) is 0 Å². The molecule has 0 unspecified atom stereocenters. The fraction of sp³-hybridized carbons (Fsp3) is 0.586. The maximum absolute atomic E-state index is 2.48. The molecule has 29 heavy (non-hydrogen) atoms. The minimum absolute atomic E-state index is 1.13. The van der Waals surface area contributed by atoms with E-state index < -0.39 is 0 Å². The molecule has 0 heteroatoms. The topological polar surface area (TPSA) is 0 Å². The van der Waals surface area contributed by atoms with Crippen LogP contribution in [-0.2, 0) is 19.3 Å². The van der Waals surface area contributed by atoms with Crippen molar-refractivity contribution in [2.75, 3.05) is 0 Å². The van der Waals surface area contributed by atoms with E-state index in [1.54, 1.807) is 22.3 Å². The molecule has 2 aromatic carbocycles. The lowest BCUT2D eigenvalue weighted by molar-refractivity contribution is 0.599. The van der Waals surface area contributed by atoms with Crippen LogP contribution in [-0.4, -0.2) is 0 Å². The van der Waals surface area contributed by atoms with Crippen LogP contribution < -0.4 is 0 Å². The minimum atomic E-state index is 1.13. The standard InChI is InChI=1S/C29H42/c1-3-5-7-9-11-13-17-24-21-22-26-23-25-18-15-16-20-28(25)29(26)27(24)19-14-12-10-8-6-4-2/h15-16,18,20-22H,3-14,17,19,23H2,1-2H3. The number of benzene rings is 2. The molecule has 3 rings (SSSR count). The van der Waals surface area contributed by atoms with E-state index in [0.717, 1.165) is 6.42 Å². The zero-order chi connectivity index (χ0) is 20.3. The zero-order valence-electron chi connectivity index (χ0n) is 19.1. The molecule has 0 aromatic heterocycles. The molecule has 0 bridgehead atoms. The first-order chi connectivity index (χ1) is 14.3. The van der Waals surface area contributed by atoms with Crippen LogP contribution in [0.4, 0.5) is 0 Å². The van der Waals surface area contributed by atoms with Gasteiger partial charge in [-0.25, -0.2) is 0 Å². The van der Waals surface area contributed by atoms with Gasteiger partial charge in [0.15, 0.2) is 0 Å². The van der Waals surface area contributed by atoms with Gasteiger partial charge in [0.05, 0.1) is 0 Å². The highest BCUT2D eigenvalue weighted by molar-refractivity contribution is 5.80. The second-order valence-corrected chi connectivity index (χ2v) is 9.11. The van der Waals surface area contributed by atoms with Crippen LogP contribution in [0.2, 0.25) is 0 Å². The van der Waals surface area contributed by atoms with E-state index in [1.807, 2.05) is 0 Å². The molecule has 0 amide bonds. The van der Waals surface area contributed by atoms with Gasteiger partial charge in [0.1, 0.15) is 0 Å². The van der Waals surface area contributed by atoms with E-state index in [2.05, 4.69) is 50.2 Å². The van der Waals surface area contributed by atoms with Crippen molar-refractivity contribution in [3.05, 3.63) is 58.7 Å². The third-order valence-corrected chi connectivity index (χ3v) is 6.74. The van der Waals surface area contributed by atoms with E-state index in [0.29, 0.717) is 0 Å². The maximum atomic E-state index is 2.48. The Labute approximate surface area is 180 Å². The molecule has 0 N–H and O–H groups in total. The molecule has 158 valence electrons. The largest absolute Gasteiger partial charge is 0.0654 e. The van der Waals surface area contributed by atoms with Crippen LogP contribution >= 0.6 is 0 Å². The number of hydrogen-bond acceptors (Lipinski definition) is 0. The summed E-state index contributed by atoms with van der Waals surface area (Å²) in [4.78, 5) is 0. The molecule has 0 aliphatic heterocycles. The van der Waals surface area contributed by atoms with Crippen molar-refractivity contribution in [2.45, 2.75) is 110 Å². The van der Waals surface area contributed by atoms with Crippen molar-refractivity contribution in [3.8, 4) is 11.1 Å². The van der Waals surface area contributed by atoms with Gasteiger partial charge in [0, 0.05) is 0 Å². The second kappa shape index (κ2) is 12.2. The van der Waals surface area contributed by atoms with Crippen LogP contribution in [0.3, 0.4) is 0 Å². The van der Waals surface area contributed by atoms with Gasteiger partial charge in [-0.2, -0.15) is 0 Å². The van der Waals surface area contributed by atoms with Gasteiger partial charge in [-0.3, -0.25) is 0 Å². The Kier molecular flexibility index (Phi) is 9.32. The van der Waals surface area contributed by atoms with Crippen molar-refractivity contribution in [2.24, 2.45) is 0 Å². The molecule has 1 aliphatic rings. The summed E-state index contributed by atoms with van der Waals surface area (Å²) in [5, 5.41) is 0. The lowest BCUT2D eigenvalue weighted by atomic mass is 9.89. The molecule has 0 atom stereocenters. The van der Waals surface area contributed by atoms with Crippen molar-refractivity contribution >= 4 is 0 Å². The minimum Gasteiger partial charge on any atom is -0.0654 e. The van der Waals surface area contributed by atoms with Gasteiger partial charge in [-0.1, -0.05) is 114 Å². The normalized spacial score (nSPS) is 12.2. The van der Waals surface area contributed by atoms with E-state index in [-0.39, 0.29) is 0 Å². The van der Waals surface area contributed by atoms with Crippen molar-refractivity contribution in [1.29, 1.82) is 0 Å². The summed E-state index contributed by atoms with van der Waals surface area (Å²) in [5.74, 6) is 0. The highest BCUT2D eigenvalue weighted by Crippen LogP contribution is 2.41. The van der Waals surface area contributed by atoms with Gasteiger partial charge >= 0.3 is 0 Å². The summed E-state index contributed by atoms with van der Waals surface area (Å²) in [7, 11) is 0. The Bertz CT molecular complexity index is 740. The highest BCUT2D eigenvalue weighted by atomic mass is 14.3. The molecule has 2 aromatic rings. The van der Waals surface area contributed by atoms with Crippen molar-refractivity contribution in [3.63, 3.8) is 0 Å². The molecule has 0 nitrogen and oxygen atoms in total. The highest BCUT2D eigenvalue weighted by Gasteiger charge is 2.22. The van der Waals surface area contributed by atoms with E-state index in [4.69, 9.17) is 0 Å². The molecule has 0 fully saturated rings. The number of hydrogen-bond donors (Lipinski definition) is 0. The fourth-order valence-electron chi connectivity index (χ4n) is 5.04. The Balaban J connectivity index is 1.69. The first kappa shape index (κ1) is 22.1. The zero-order valence-corrected chi connectivity index (χ0v) is 19.1. The van der Waals surface area contributed by atoms with Crippen molar-refractivity contribution < 1.29 is 0 Å². The van der Waals surface area contributed by atoms with Crippen molar-refractivity contribution in [1.82, 2.24) is 0 Å². The fourth-order valence-corrected chi connectivity index (χ4v) is 5.04. The summed E-state index contributed by atoms with van der Waals surface area (Å²) in [6.07, 6.45) is 20.3. The van der Waals surface area contributed by atoms with Crippen LogP contribution in [0.1, 0.15) is 113 Å². The second-order valence-electron chi connectivity index (χ2n) is 9.11. The Morgan fingerprint density at radius 3 is 1.93 bits per heavy atom. The quantitative estimate of drug-likeness (QED) is 0.241. The Morgan fingerprint density at radius 1 is 0.586 bits per heavy atom. The first-order valence-corrected chi connectivity index (χ1v) is 12.6. The number of fused-ring (bicyclic) bond motifs is 3. The van der Waals surface area contributed by atoms with Gasteiger partial charge < -0.3 is 0 Å². The molecular formula is C29H42. The number of rotatable bonds is 14. The summed E-state index contributed by atoms with van der Waals surface area (Å²) >= 11 is 0. The first-order valence-electron chi connectivity index (χ1n) is 12.6. The lowest BCUT2D eigenvalue weighted by Gasteiger charge is -2.16. The number of unbranched alkanes of at least 4 members (excludes halogenated alkanes) is 10. The Hall–Kier alpha value is -1.56. The average molecular weight is 391 g/mol. The Morgan fingerprint density at radius 2 is 1.21 bits per heavy atom. The van der Waals surface area contributed by atoms with Gasteiger partial charge in [0.25, 0.3) is 0 Å². The monoisotopic (exact) mass is 390 g/mol. The van der Waals surface area contributed by atoms with Crippen LogP contribution in [0.25, 0.3) is 11.1 Å². The van der Waals surface area contributed by atoms with E-state index in [9.17, 15) is 0 Å². The molecule has 0 heterocycles. The van der Waals surface area contributed by atoms with Crippen LogP contribution in [0.15, 0.2) is 36.4 Å². The average Bonchev–Trinajstić information content (AvgIpc) is 3.12. The maximum Gasteiger partial charge on any atom is -0.00133 e. The molecule has 0 radical (unpaired) electrons. The summed E-state index contributed by atoms with van der Waals surface area (Å²) in [5.41, 5.74) is 9.56. The lowest BCUT2D eigenvalue weighted by Crippen LogP contribution is -2.00. The SMILES string of the molecule is CCCCCCCCc1ccc2c(c1CCCCCCCC)-c1ccccc1C2. The predicted molar refractivity (Wildman–Crippen MR) is 129 cm³/mol. The molecule has 1 aliphatic carbocycles. The van der Waals surface area contributed by atoms with E-state index in [1.165, 1.54) is 101 Å². The number of aryl methyl sites for hydroxylation is 1. The third-order valence-electron chi connectivity index (χ3n) is 6.74. The van der Waals surface area contributed by atoms with E-state index >= 15 is 0 Å². The summed E-state index contributed by atoms with van der Waals surface area (Å²) in [6, 6.07) is 14.0. The molecule has 0 saturated heterocycles. The third kappa shape index (κ3) is 6.21. The van der Waals surface area contributed by atoms with Gasteiger partial charge in [-0.15, -0.1) is 0 Å². The summed E-state index contributed by atoms with van der Waals surface area (Å²) < 4.78 is 0. The van der Waals surface area contributed by atoms with Gasteiger partial charge in [-0.05, 0) is 65.5 Å². The molecular weight excluding hydrogens is 348 g/mol.